The molecule has 8 nitrogen and oxygen atoms in total. The number of aliphatic hydroxyl groups excluding tert-OH is 1. The van der Waals surface area contributed by atoms with Gasteiger partial charge in [0, 0.05) is 18.2 Å². The van der Waals surface area contributed by atoms with Gasteiger partial charge in [0.25, 0.3) is 0 Å². The Kier molecular flexibility index (Phi) is 6.37. The SMILES string of the molecule is [C-]#[N+]c1ccc(O[C@H]2CN(S(=O)(=O)c3ccc(C(F)(F)F)cc3[N+]#[C-])C[C@]2(O)CO)cc1F. The molecule has 0 bridgehead atoms. The van der Waals surface area contributed by atoms with Crippen LogP contribution in [0.5, 0.6) is 5.75 Å². The highest BCUT2D eigenvalue weighted by Crippen LogP contribution is 2.38. The van der Waals surface area contributed by atoms with Crippen molar-refractivity contribution in [2.24, 2.45) is 0 Å². The van der Waals surface area contributed by atoms with Crippen LogP contribution >= 0.6 is 0 Å². The summed E-state index contributed by atoms with van der Waals surface area (Å²) >= 11 is 0. The number of alkyl halides is 3. The molecule has 13 heteroatoms. The summed E-state index contributed by atoms with van der Waals surface area (Å²) in [5.41, 5.74) is -4.39. The molecule has 1 heterocycles. The predicted molar refractivity (Wildman–Crippen MR) is 106 cm³/mol. The number of benzene rings is 2. The molecule has 2 aromatic rings. The van der Waals surface area contributed by atoms with Crippen LogP contribution in [0.4, 0.5) is 28.9 Å². The second kappa shape index (κ2) is 8.61. The van der Waals surface area contributed by atoms with Crippen molar-refractivity contribution in [3.05, 3.63) is 70.6 Å². The zero-order valence-corrected chi connectivity index (χ0v) is 17.4. The zero-order chi connectivity index (χ0) is 24.6. The van der Waals surface area contributed by atoms with Gasteiger partial charge in [-0.1, -0.05) is 12.1 Å². The molecule has 0 radical (unpaired) electrons. The Labute approximate surface area is 185 Å². The summed E-state index contributed by atoms with van der Waals surface area (Å²) in [6, 6.07) is 4.77. The summed E-state index contributed by atoms with van der Waals surface area (Å²) < 4.78 is 84.9. The molecule has 33 heavy (non-hydrogen) atoms. The molecule has 1 fully saturated rings. The first-order chi connectivity index (χ1) is 15.4. The fraction of sp³-hybridized carbons (Fsp3) is 0.300. The number of sulfonamides is 1. The lowest BCUT2D eigenvalue weighted by Crippen LogP contribution is -2.48. The molecule has 1 saturated heterocycles. The van der Waals surface area contributed by atoms with Crippen molar-refractivity contribution < 1.29 is 40.9 Å². The molecule has 0 spiro atoms. The summed E-state index contributed by atoms with van der Waals surface area (Å²) in [6.07, 6.45) is -6.18. The molecule has 3 rings (SSSR count). The van der Waals surface area contributed by atoms with Crippen LogP contribution in [0, 0.1) is 19.0 Å². The highest BCUT2D eigenvalue weighted by Gasteiger charge is 2.51. The molecule has 174 valence electrons. The number of β-amino-alcohol motifs (C(OH)–C–C–N with tert-alkyl or cyclic N) is 1. The van der Waals surface area contributed by atoms with E-state index in [2.05, 4.69) is 9.69 Å². The van der Waals surface area contributed by atoms with Gasteiger partial charge in [0.05, 0.1) is 31.2 Å². The van der Waals surface area contributed by atoms with Gasteiger partial charge in [-0.25, -0.2) is 22.5 Å². The Morgan fingerprint density at radius 2 is 1.82 bits per heavy atom. The van der Waals surface area contributed by atoms with Gasteiger partial charge in [-0.2, -0.15) is 17.5 Å². The van der Waals surface area contributed by atoms with Crippen LogP contribution in [-0.4, -0.2) is 54.3 Å². The quantitative estimate of drug-likeness (QED) is 0.501. The second-order valence-corrected chi connectivity index (χ2v) is 9.09. The van der Waals surface area contributed by atoms with E-state index in [0.29, 0.717) is 22.5 Å². The third-order valence-electron chi connectivity index (χ3n) is 5.04. The lowest BCUT2D eigenvalue weighted by Gasteiger charge is -2.27. The van der Waals surface area contributed by atoms with Gasteiger partial charge in [-0.05, 0) is 18.2 Å². The minimum absolute atomic E-state index is 0.146. The van der Waals surface area contributed by atoms with E-state index in [4.69, 9.17) is 17.9 Å². The summed E-state index contributed by atoms with van der Waals surface area (Å²) in [6.45, 7) is 11.7. The van der Waals surface area contributed by atoms with Gasteiger partial charge in [-0.15, -0.1) is 0 Å². The fourth-order valence-corrected chi connectivity index (χ4v) is 4.87. The molecule has 2 aromatic carbocycles. The molecule has 1 aliphatic heterocycles. The number of hydrogen-bond donors (Lipinski definition) is 2. The summed E-state index contributed by atoms with van der Waals surface area (Å²) in [5, 5.41) is 20.4. The van der Waals surface area contributed by atoms with E-state index in [9.17, 15) is 36.2 Å². The monoisotopic (exact) mass is 485 g/mol. The van der Waals surface area contributed by atoms with Gasteiger partial charge >= 0.3 is 6.18 Å². The second-order valence-electron chi connectivity index (χ2n) is 7.18. The lowest BCUT2D eigenvalue weighted by molar-refractivity contribution is -0.137. The number of ether oxygens (including phenoxy) is 1. The van der Waals surface area contributed by atoms with E-state index < -0.39 is 69.6 Å². The molecule has 0 aromatic heterocycles. The van der Waals surface area contributed by atoms with Crippen LogP contribution in [0.3, 0.4) is 0 Å². The van der Waals surface area contributed by atoms with Gasteiger partial charge in [0.2, 0.25) is 21.4 Å². The summed E-state index contributed by atoms with van der Waals surface area (Å²) in [4.78, 5) is 5.13. The van der Waals surface area contributed by atoms with Crippen molar-refractivity contribution >= 4 is 21.4 Å². The third-order valence-corrected chi connectivity index (χ3v) is 6.89. The van der Waals surface area contributed by atoms with Crippen LogP contribution in [0.2, 0.25) is 0 Å². The van der Waals surface area contributed by atoms with Crippen molar-refractivity contribution in [1.29, 1.82) is 0 Å². The number of hydrogen-bond acceptors (Lipinski definition) is 5. The normalized spacial score (nSPS) is 21.4. The maximum atomic E-state index is 13.9. The molecule has 2 N–H and O–H groups in total. The Bertz CT molecular complexity index is 1270. The topological polar surface area (TPSA) is 95.8 Å². The van der Waals surface area contributed by atoms with Crippen molar-refractivity contribution in [2.75, 3.05) is 19.7 Å². The van der Waals surface area contributed by atoms with Gasteiger partial charge in [0.15, 0.2) is 0 Å². The minimum Gasteiger partial charge on any atom is -0.486 e. The maximum absolute atomic E-state index is 13.9. The standard InChI is InChI=1S/C20H15F4N3O5S/c1-25-15-5-4-13(8-14(15)21)32-18-9-27(10-19(18,29)11-28)33(30,31)17-6-3-12(20(22,23)24)7-16(17)26-2/h3-8,18,28-29H,9-11H2/t18-,19-/m0/s1. The third kappa shape index (κ3) is 4.62. The molecular formula is C20H15F4N3O5S. The molecule has 0 aliphatic carbocycles. The first-order valence-electron chi connectivity index (χ1n) is 9.11. The van der Waals surface area contributed by atoms with Crippen molar-refractivity contribution in [3.63, 3.8) is 0 Å². The molecule has 0 saturated carbocycles. The Morgan fingerprint density at radius 1 is 1.15 bits per heavy atom. The minimum atomic E-state index is -4.79. The van der Waals surface area contributed by atoms with E-state index in [-0.39, 0.29) is 11.4 Å². The van der Waals surface area contributed by atoms with E-state index in [1.54, 1.807) is 0 Å². The largest absolute Gasteiger partial charge is 0.486 e. The summed E-state index contributed by atoms with van der Waals surface area (Å²) in [7, 11) is -4.58. The Morgan fingerprint density at radius 3 is 2.36 bits per heavy atom. The number of nitrogens with zero attached hydrogens (tertiary/aromatic N) is 3. The molecule has 2 atom stereocenters. The average Bonchev–Trinajstić information content (AvgIpc) is 3.10. The smallest absolute Gasteiger partial charge is 0.415 e. The fourth-order valence-electron chi connectivity index (χ4n) is 3.26. The Hall–Kier alpha value is -3.23. The van der Waals surface area contributed by atoms with Crippen LogP contribution in [0.1, 0.15) is 5.56 Å². The maximum Gasteiger partial charge on any atom is 0.415 e. The van der Waals surface area contributed by atoms with Crippen LogP contribution < -0.4 is 4.74 Å². The van der Waals surface area contributed by atoms with Crippen LogP contribution in [0.15, 0.2) is 41.3 Å². The average molecular weight is 485 g/mol. The first kappa shape index (κ1) is 24.4. The summed E-state index contributed by atoms with van der Waals surface area (Å²) in [5.74, 6) is -1.06. The van der Waals surface area contributed by atoms with Gasteiger partial charge in [0.1, 0.15) is 23.3 Å². The van der Waals surface area contributed by atoms with Gasteiger partial charge < -0.3 is 14.9 Å². The number of halogens is 4. The lowest BCUT2D eigenvalue weighted by atomic mass is 10.0. The number of rotatable bonds is 5. The van der Waals surface area contributed by atoms with Crippen LogP contribution in [-0.2, 0) is 16.2 Å². The van der Waals surface area contributed by atoms with Crippen LogP contribution in [0.25, 0.3) is 9.69 Å². The van der Waals surface area contributed by atoms with Crippen molar-refractivity contribution in [2.45, 2.75) is 22.8 Å². The molecule has 0 unspecified atom stereocenters. The molecule has 1 aliphatic rings. The Balaban J connectivity index is 1.94. The van der Waals surface area contributed by atoms with E-state index in [0.717, 1.165) is 12.1 Å². The predicted octanol–water partition coefficient (Wildman–Crippen LogP) is 3.12. The van der Waals surface area contributed by atoms with Crippen molar-refractivity contribution in [1.82, 2.24) is 4.31 Å². The number of aliphatic hydroxyl groups is 2. The van der Waals surface area contributed by atoms with E-state index in [1.807, 2.05) is 0 Å². The zero-order valence-electron chi connectivity index (χ0n) is 16.5. The highest BCUT2D eigenvalue weighted by atomic mass is 32.2. The molecular weight excluding hydrogens is 470 g/mol. The van der Waals surface area contributed by atoms with Gasteiger partial charge in [-0.3, -0.25) is 0 Å². The van der Waals surface area contributed by atoms with E-state index >= 15 is 0 Å². The highest BCUT2D eigenvalue weighted by molar-refractivity contribution is 7.89. The first-order valence-corrected chi connectivity index (χ1v) is 10.6. The van der Waals surface area contributed by atoms with E-state index in [1.165, 1.54) is 6.07 Å². The molecule has 0 amide bonds. The van der Waals surface area contributed by atoms with Crippen molar-refractivity contribution in [3.8, 4) is 5.75 Å².